The van der Waals surface area contributed by atoms with Crippen molar-refractivity contribution in [3.05, 3.63) is 76.3 Å². The summed E-state index contributed by atoms with van der Waals surface area (Å²) in [6, 6.07) is 15.1. The van der Waals surface area contributed by atoms with Gasteiger partial charge in [-0.3, -0.25) is 0 Å². The summed E-state index contributed by atoms with van der Waals surface area (Å²) < 4.78 is 2.58. The highest BCUT2D eigenvalue weighted by atomic mass is 35.5. The van der Waals surface area contributed by atoms with Crippen molar-refractivity contribution in [2.75, 3.05) is 0 Å². The summed E-state index contributed by atoms with van der Waals surface area (Å²) in [6.07, 6.45) is 1.49. The molecule has 2 heterocycles. The molecule has 3 rings (SSSR count). The molecule has 22 heavy (non-hydrogen) atoms. The summed E-state index contributed by atoms with van der Waals surface area (Å²) in [6.45, 7) is 1.93. The Labute approximate surface area is 137 Å². The Morgan fingerprint density at radius 3 is 2.64 bits per heavy atom. The van der Waals surface area contributed by atoms with Gasteiger partial charge in [0, 0.05) is 23.4 Å². The van der Waals surface area contributed by atoms with Crippen LogP contribution in [0.2, 0.25) is 5.15 Å². The Kier molecular flexibility index (Phi) is 4.36. The van der Waals surface area contributed by atoms with Crippen molar-refractivity contribution in [2.24, 2.45) is 0 Å². The van der Waals surface area contributed by atoms with Crippen LogP contribution < -0.4 is 4.73 Å². The summed E-state index contributed by atoms with van der Waals surface area (Å²) >= 11 is 7.92. The molecule has 6 heteroatoms. The average molecular weight is 332 g/mol. The lowest BCUT2D eigenvalue weighted by Gasteiger charge is -2.04. The number of rotatable bonds is 4. The van der Waals surface area contributed by atoms with E-state index in [9.17, 15) is 5.21 Å². The molecule has 4 nitrogen and oxygen atoms in total. The van der Waals surface area contributed by atoms with Gasteiger partial charge in [-0.05, 0) is 25.1 Å². The molecule has 2 aromatic heterocycles. The number of aromatic nitrogens is 3. The van der Waals surface area contributed by atoms with Crippen LogP contribution >= 0.6 is 23.4 Å². The van der Waals surface area contributed by atoms with Crippen LogP contribution in [0.15, 0.2) is 59.8 Å². The number of aryl methyl sites for hydroxylation is 1. The number of thioether (sulfide) groups is 1. The van der Waals surface area contributed by atoms with Gasteiger partial charge in [-0.2, -0.15) is 9.83 Å². The molecule has 3 aromatic rings. The van der Waals surface area contributed by atoms with Crippen LogP contribution in [0.4, 0.5) is 0 Å². The van der Waals surface area contributed by atoms with Crippen molar-refractivity contribution in [3.63, 3.8) is 0 Å². The van der Waals surface area contributed by atoms with E-state index in [1.807, 2.05) is 43.3 Å². The molecular weight excluding hydrogens is 318 g/mol. The predicted octanol–water partition coefficient (Wildman–Crippen LogP) is 3.76. The zero-order valence-electron chi connectivity index (χ0n) is 11.9. The van der Waals surface area contributed by atoms with Gasteiger partial charge < -0.3 is 5.21 Å². The monoisotopic (exact) mass is 331 g/mol. The third-order valence-corrected chi connectivity index (χ3v) is 4.71. The van der Waals surface area contributed by atoms with Gasteiger partial charge in [-0.1, -0.05) is 41.6 Å². The normalized spacial score (nSPS) is 10.8. The fourth-order valence-electron chi connectivity index (χ4n) is 2.11. The molecule has 1 aromatic carbocycles. The first kappa shape index (κ1) is 14.9. The van der Waals surface area contributed by atoms with Crippen molar-refractivity contribution < 1.29 is 4.73 Å². The van der Waals surface area contributed by atoms with E-state index < -0.39 is 0 Å². The van der Waals surface area contributed by atoms with E-state index in [2.05, 4.69) is 5.10 Å². The molecule has 0 aliphatic rings. The lowest BCUT2D eigenvalue weighted by atomic mass is 10.3. The van der Waals surface area contributed by atoms with Gasteiger partial charge in [0.25, 0.3) is 5.03 Å². The van der Waals surface area contributed by atoms with Crippen LogP contribution in [0, 0.1) is 12.1 Å². The number of pyridine rings is 1. The number of benzene rings is 1. The highest BCUT2D eigenvalue weighted by Gasteiger charge is 2.16. The van der Waals surface area contributed by atoms with Crippen molar-refractivity contribution >= 4 is 23.4 Å². The minimum atomic E-state index is 0.588. The van der Waals surface area contributed by atoms with E-state index >= 15 is 0 Å². The number of hydrogen-bond donors (Lipinski definition) is 0. The summed E-state index contributed by atoms with van der Waals surface area (Å²) in [4.78, 5) is 0. The summed E-state index contributed by atoms with van der Waals surface area (Å²) in [5, 5.41) is 17.4. The Hall–Kier alpha value is -1.98. The molecule has 0 amide bonds. The molecule has 0 bridgehead atoms. The van der Waals surface area contributed by atoms with E-state index in [0.29, 0.717) is 15.9 Å². The largest absolute Gasteiger partial charge is 0.618 e. The maximum absolute atomic E-state index is 11.7. The lowest BCUT2D eigenvalue weighted by molar-refractivity contribution is -0.645. The van der Waals surface area contributed by atoms with Crippen molar-refractivity contribution in [3.8, 4) is 5.69 Å². The zero-order valence-corrected chi connectivity index (χ0v) is 13.5. The summed E-state index contributed by atoms with van der Waals surface area (Å²) in [5.41, 5.74) is 2.74. The first-order chi connectivity index (χ1) is 10.7. The second-order valence-electron chi connectivity index (χ2n) is 4.76. The maximum atomic E-state index is 11.7. The van der Waals surface area contributed by atoms with E-state index in [1.165, 1.54) is 18.0 Å². The predicted molar refractivity (Wildman–Crippen MR) is 88.3 cm³/mol. The van der Waals surface area contributed by atoms with Crippen molar-refractivity contribution in [1.29, 1.82) is 0 Å². The van der Waals surface area contributed by atoms with Crippen LogP contribution in [0.5, 0.6) is 0 Å². The van der Waals surface area contributed by atoms with Gasteiger partial charge in [-0.15, -0.1) is 0 Å². The van der Waals surface area contributed by atoms with Crippen LogP contribution in [-0.4, -0.2) is 9.78 Å². The smallest absolute Gasteiger partial charge is 0.251 e. The van der Waals surface area contributed by atoms with Gasteiger partial charge in [0.15, 0.2) is 6.20 Å². The zero-order chi connectivity index (χ0) is 15.5. The number of halogens is 1. The van der Waals surface area contributed by atoms with Crippen molar-refractivity contribution in [1.82, 2.24) is 9.78 Å². The Morgan fingerprint density at radius 1 is 1.18 bits per heavy atom. The second kappa shape index (κ2) is 6.42. The molecule has 0 unspecified atom stereocenters. The van der Waals surface area contributed by atoms with Crippen LogP contribution in [0.1, 0.15) is 11.3 Å². The first-order valence-corrected chi connectivity index (χ1v) is 8.13. The van der Waals surface area contributed by atoms with Crippen LogP contribution in [-0.2, 0) is 5.75 Å². The molecule has 0 aliphatic carbocycles. The second-order valence-corrected chi connectivity index (χ2v) is 6.11. The minimum absolute atomic E-state index is 0.588. The van der Waals surface area contributed by atoms with Gasteiger partial charge in [-0.25, -0.2) is 4.68 Å². The van der Waals surface area contributed by atoms with Crippen molar-refractivity contribution in [2.45, 2.75) is 17.7 Å². The highest BCUT2D eigenvalue weighted by molar-refractivity contribution is 7.98. The van der Waals surface area contributed by atoms with E-state index in [0.717, 1.165) is 21.7 Å². The van der Waals surface area contributed by atoms with Crippen LogP contribution in [0.3, 0.4) is 0 Å². The molecule has 0 saturated carbocycles. The standard InChI is InChI=1S/C16H14ClN3OS/c1-12-14(11-22-15-9-5-6-10-19(15)21)16(17)20(18-12)13-7-3-2-4-8-13/h2-10H,11H2,1H3. The van der Waals surface area contributed by atoms with E-state index in [1.54, 1.807) is 16.8 Å². The number of hydrogen-bond acceptors (Lipinski definition) is 3. The average Bonchev–Trinajstić information content (AvgIpc) is 2.82. The highest BCUT2D eigenvalue weighted by Crippen LogP contribution is 2.29. The molecule has 0 aliphatic heterocycles. The van der Waals surface area contributed by atoms with Gasteiger partial charge >= 0.3 is 0 Å². The molecule has 0 N–H and O–H groups in total. The topological polar surface area (TPSA) is 44.8 Å². The fraction of sp³-hybridized carbons (Fsp3) is 0.125. The molecule has 0 fully saturated rings. The Bertz CT molecular complexity index is 789. The molecule has 0 saturated heterocycles. The first-order valence-electron chi connectivity index (χ1n) is 6.77. The number of nitrogens with zero attached hydrogens (tertiary/aromatic N) is 3. The molecule has 0 spiro atoms. The molecule has 112 valence electrons. The third kappa shape index (κ3) is 2.96. The molecular formula is C16H14ClN3OS. The Balaban J connectivity index is 1.86. The van der Waals surface area contributed by atoms with E-state index in [4.69, 9.17) is 11.6 Å². The van der Waals surface area contributed by atoms with Crippen LogP contribution in [0.25, 0.3) is 5.69 Å². The van der Waals surface area contributed by atoms with Gasteiger partial charge in [0.05, 0.1) is 11.4 Å². The lowest BCUT2D eigenvalue weighted by Crippen LogP contribution is -2.27. The maximum Gasteiger partial charge on any atom is 0.251 e. The number of para-hydroxylation sites is 1. The van der Waals surface area contributed by atoms with Gasteiger partial charge in [0.1, 0.15) is 5.15 Å². The van der Waals surface area contributed by atoms with E-state index in [-0.39, 0.29) is 0 Å². The van der Waals surface area contributed by atoms with Gasteiger partial charge in [0.2, 0.25) is 0 Å². The summed E-state index contributed by atoms with van der Waals surface area (Å²) in [7, 11) is 0. The molecule has 0 radical (unpaired) electrons. The quantitative estimate of drug-likeness (QED) is 0.415. The fourth-order valence-corrected chi connectivity index (χ4v) is 3.53. The Morgan fingerprint density at radius 2 is 1.91 bits per heavy atom. The minimum Gasteiger partial charge on any atom is -0.618 e. The molecule has 0 atom stereocenters. The SMILES string of the molecule is Cc1nn(-c2ccccc2)c(Cl)c1CSc1cccc[n+]1[O-]. The summed E-state index contributed by atoms with van der Waals surface area (Å²) in [5.74, 6) is 0.601. The third-order valence-electron chi connectivity index (χ3n) is 3.28.